The first-order valence-corrected chi connectivity index (χ1v) is 8.27. The number of halogens is 3. The van der Waals surface area contributed by atoms with Crippen LogP contribution in [0.15, 0.2) is 47.4 Å². The molecule has 0 heterocycles. The summed E-state index contributed by atoms with van der Waals surface area (Å²) < 4.78 is 38.9. The van der Waals surface area contributed by atoms with E-state index < -0.39 is 22.9 Å². The van der Waals surface area contributed by atoms with Crippen molar-refractivity contribution in [1.82, 2.24) is 0 Å². The maximum atomic E-state index is 13.0. The van der Waals surface area contributed by atoms with E-state index in [4.69, 9.17) is 0 Å². The average Bonchev–Trinajstić information content (AvgIpc) is 2.50. The first kappa shape index (κ1) is 18.4. The molecule has 128 valence electrons. The van der Waals surface area contributed by atoms with E-state index in [-0.39, 0.29) is 5.69 Å². The number of aryl methyl sites for hydroxylation is 2. The Balaban J connectivity index is 2.11. The Labute approximate surface area is 143 Å². The fourth-order valence-corrected chi connectivity index (χ4v) is 3.08. The summed E-state index contributed by atoms with van der Waals surface area (Å²) in [6, 6.07) is 10.8. The second-order valence-electron chi connectivity index (χ2n) is 5.54. The first-order valence-electron chi connectivity index (χ1n) is 7.39. The van der Waals surface area contributed by atoms with E-state index in [2.05, 4.69) is 5.32 Å². The summed E-state index contributed by atoms with van der Waals surface area (Å²) in [6.07, 6.45) is -4.51. The summed E-state index contributed by atoms with van der Waals surface area (Å²) >= 11 is 1.31. The van der Waals surface area contributed by atoms with E-state index >= 15 is 0 Å². The molecule has 0 fully saturated rings. The highest BCUT2D eigenvalue weighted by molar-refractivity contribution is 8.00. The van der Waals surface area contributed by atoms with E-state index in [1.165, 1.54) is 30.0 Å². The van der Waals surface area contributed by atoms with Gasteiger partial charge >= 0.3 is 6.18 Å². The van der Waals surface area contributed by atoms with E-state index in [1.807, 2.05) is 32.0 Å². The van der Waals surface area contributed by atoms with E-state index in [0.29, 0.717) is 0 Å². The molecule has 0 bridgehead atoms. The summed E-state index contributed by atoms with van der Waals surface area (Å²) in [4.78, 5) is 13.2. The van der Waals surface area contributed by atoms with Crippen molar-refractivity contribution < 1.29 is 18.0 Å². The topological polar surface area (TPSA) is 29.1 Å². The molecule has 0 aliphatic heterocycles. The summed E-state index contributed by atoms with van der Waals surface area (Å²) in [5.41, 5.74) is 1.19. The van der Waals surface area contributed by atoms with Gasteiger partial charge in [0, 0.05) is 4.90 Å². The minimum Gasteiger partial charge on any atom is -0.325 e. The number of amides is 1. The van der Waals surface area contributed by atoms with Gasteiger partial charge < -0.3 is 5.32 Å². The Morgan fingerprint density at radius 1 is 1.08 bits per heavy atom. The number of rotatable bonds is 4. The maximum absolute atomic E-state index is 13.0. The van der Waals surface area contributed by atoms with Gasteiger partial charge in [-0.2, -0.15) is 13.2 Å². The molecule has 0 aliphatic carbocycles. The molecule has 24 heavy (non-hydrogen) atoms. The molecule has 1 N–H and O–H groups in total. The van der Waals surface area contributed by atoms with Crippen LogP contribution in [0.5, 0.6) is 0 Å². The summed E-state index contributed by atoms with van der Waals surface area (Å²) in [5.74, 6) is -0.463. The molecule has 2 aromatic carbocycles. The molecule has 1 atom stereocenters. The lowest BCUT2D eigenvalue weighted by Gasteiger charge is -2.16. The van der Waals surface area contributed by atoms with Gasteiger partial charge in [0.05, 0.1) is 16.5 Å². The molecule has 0 saturated heterocycles. The van der Waals surface area contributed by atoms with Crippen molar-refractivity contribution in [3.8, 4) is 0 Å². The highest BCUT2D eigenvalue weighted by Gasteiger charge is 2.33. The Hall–Kier alpha value is -1.95. The molecule has 0 unspecified atom stereocenters. The lowest BCUT2D eigenvalue weighted by atomic mass is 10.1. The van der Waals surface area contributed by atoms with Gasteiger partial charge in [0.2, 0.25) is 5.91 Å². The molecule has 0 spiro atoms. The SMILES string of the molecule is Cc1ccc(S[C@H](C)C(=O)Nc2ccccc2C(F)(F)F)cc1C. The minimum atomic E-state index is -4.51. The lowest BCUT2D eigenvalue weighted by Crippen LogP contribution is -2.24. The highest BCUT2D eigenvalue weighted by Crippen LogP contribution is 2.35. The number of benzene rings is 2. The van der Waals surface area contributed by atoms with Crippen LogP contribution >= 0.6 is 11.8 Å². The van der Waals surface area contributed by atoms with Gasteiger partial charge in [0.15, 0.2) is 0 Å². The largest absolute Gasteiger partial charge is 0.418 e. The predicted octanol–water partition coefficient (Wildman–Crippen LogP) is 5.44. The van der Waals surface area contributed by atoms with Gasteiger partial charge in [-0.15, -0.1) is 11.8 Å². The number of carbonyl (C=O) groups is 1. The van der Waals surface area contributed by atoms with Crippen molar-refractivity contribution in [1.29, 1.82) is 0 Å². The van der Waals surface area contributed by atoms with Gasteiger partial charge in [0.25, 0.3) is 0 Å². The number of alkyl halides is 3. The number of hydrogen-bond donors (Lipinski definition) is 1. The molecule has 6 heteroatoms. The Morgan fingerprint density at radius 2 is 1.75 bits per heavy atom. The average molecular weight is 353 g/mol. The minimum absolute atomic E-state index is 0.220. The third kappa shape index (κ3) is 4.54. The van der Waals surface area contributed by atoms with Crippen LogP contribution in [-0.2, 0) is 11.0 Å². The monoisotopic (exact) mass is 353 g/mol. The molecule has 1 amide bonds. The second kappa shape index (κ2) is 7.30. The Kier molecular flexibility index (Phi) is 5.59. The third-order valence-corrected chi connectivity index (χ3v) is 4.74. The van der Waals surface area contributed by atoms with Gasteiger partial charge in [-0.1, -0.05) is 18.2 Å². The fourth-order valence-electron chi connectivity index (χ4n) is 2.12. The van der Waals surface area contributed by atoms with Gasteiger partial charge in [-0.05, 0) is 56.2 Å². The van der Waals surface area contributed by atoms with Crippen molar-refractivity contribution in [2.45, 2.75) is 37.1 Å². The third-order valence-electron chi connectivity index (χ3n) is 3.65. The van der Waals surface area contributed by atoms with Crippen LogP contribution in [0.1, 0.15) is 23.6 Å². The normalized spacial score (nSPS) is 12.8. The number of carbonyl (C=O) groups excluding carboxylic acids is 1. The summed E-state index contributed by atoms with van der Waals surface area (Å²) in [5, 5.41) is 1.86. The standard InChI is InChI=1S/C18H18F3NOS/c1-11-8-9-14(10-12(11)2)24-13(3)17(23)22-16-7-5-4-6-15(16)18(19,20)21/h4-10,13H,1-3H3,(H,22,23)/t13-/m1/s1. The number of hydrogen-bond acceptors (Lipinski definition) is 2. The fraction of sp³-hybridized carbons (Fsp3) is 0.278. The van der Waals surface area contributed by atoms with Crippen molar-refractivity contribution in [2.75, 3.05) is 5.32 Å². The van der Waals surface area contributed by atoms with E-state index in [9.17, 15) is 18.0 Å². The van der Waals surface area contributed by atoms with Crippen LogP contribution in [-0.4, -0.2) is 11.2 Å². The molecule has 0 aliphatic rings. The zero-order chi connectivity index (χ0) is 17.9. The van der Waals surface area contributed by atoms with E-state index in [0.717, 1.165) is 22.1 Å². The van der Waals surface area contributed by atoms with Gasteiger partial charge in [-0.25, -0.2) is 0 Å². The summed E-state index contributed by atoms with van der Waals surface area (Å²) in [7, 11) is 0. The smallest absolute Gasteiger partial charge is 0.325 e. The first-order chi connectivity index (χ1) is 11.2. The highest BCUT2D eigenvalue weighted by atomic mass is 32.2. The molecule has 0 saturated carbocycles. The van der Waals surface area contributed by atoms with Crippen LogP contribution in [0.3, 0.4) is 0 Å². The zero-order valence-corrected chi connectivity index (χ0v) is 14.4. The van der Waals surface area contributed by atoms with Crippen molar-refractivity contribution in [2.24, 2.45) is 0 Å². The van der Waals surface area contributed by atoms with Crippen LogP contribution in [0.2, 0.25) is 0 Å². The molecule has 2 aromatic rings. The Morgan fingerprint density at radius 3 is 2.38 bits per heavy atom. The van der Waals surface area contributed by atoms with Crippen molar-refractivity contribution >= 4 is 23.4 Å². The zero-order valence-electron chi connectivity index (χ0n) is 13.6. The van der Waals surface area contributed by atoms with Crippen molar-refractivity contribution in [3.63, 3.8) is 0 Å². The second-order valence-corrected chi connectivity index (χ2v) is 6.95. The Bertz CT molecular complexity index is 743. The quantitative estimate of drug-likeness (QED) is 0.742. The number of anilines is 1. The number of para-hydroxylation sites is 1. The summed E-state index contributed by atoms with van der Waals surface area (Å²) in [6.45, 7) is 5.64. The molecule has 0 aromatic heterocycles. The molecular weight excluding hydrogens is 335 g/mol. The number of nitrogens with one attached hydrogen (secondary N) is 1. The predicted molar refractivity (Wildman–Crippen MR) is 91.3 cm³/mol. The lowest BCUT2D eigenvalue weighted by molar-refractivity contribution is -0.137. The molecular formula is C18H18F3NOS. The maximum Gasteiger partial charge on any atom is 0.418 e. The molecule has 0 radical (unpaired) electrons. The number of thioether (sulfide) groups is 1. The van der Waals surface area contributed by atoms with Crippen LogP contribution < -0.4 is 5.32 Å². The van der Waals surface area contributed by atoms with Crippen molar-refractivity contribution in [3.05, 3.63) is 59.2 Å². The van der Waals surface area contributed by atoms with E-state index in [1.54, 1.807) is 6.92 Å². The van der Waals surface area contributed by atoms with Gasteiger partial charge in [0.1, 0.15) is 0 Å². The van der Waals surface area contributed by atoms with Gasteiger partial charge in [-0.3, -0.25) is 4.79 Å². The van der Waals surface area contributed by atoms with Crippen LogP contribution in [0, 0.1) is 13.8 Å². The molecule has 2 rings (SSSR count). The molecule has 2 nitrogen and oxygen atoms in total. The van der Waals surface area contributed by atoms with Crippen LogP contribution in [0.4, 0.5) is 18.9 Å². The van der Waals surface area contributed by atoms with Crippen LogP contribution in [0.25, 0.3) is 0 Å².